The molecule has 2 heteroatoms. The minimum Gasteiger partial charge on any atom is -0.315 e. The summed E-state index contributed by atoms with van der Waals surface area (Å²) < 4.78 is 0. The van der Waals surface area contributed by atoms with Crippen molar-refractivity contribution < 1.29 is 4.79 Å². The molecular weight excluding hydrogens is 198 g/mol. The molecule has 0 aliphatic rings. The maximum absolute atomic E-state index is 11.3. The van der Waals surface area contributed by atoms with Gasteiger partial charge < -0.3 is 4.90 Å². The van der Waals surface area contributed by atoms with Gasteiger partial charge in [0, 0.05) is 26.0 Å². The van der Waals surface area contributed by atoms with E-state index < -0.39 is 0 Å². The lowest BCUT2D eigenvalue weighted by Crippen LogP contribution is -2.23. The second kappa shape index (κ2) is 5.97. The Morgan fingerprint density at radius 1 is 1.38 bits per heavy atom. The van der Waals surface area contributed by atoms with E-state index in [0.717, 1.165) is 24.1 Å². The molecule has 0 aromatic heterocycles. The van der Waals surface area contributed by atoms with Gasteiger partial charge in [-0.15, -0.1) is 0 Å². The highest BCUT2D eigenvalue weighted by Gasteiger charge is 2.08. The molecule has 16 heavy (non-hydrogen) atoms. The summed E-state index contributed by atoms with van der Waals surface area (Å²) in [6, 6.07) is 7.71. The van der Waals surface area contributed by atoms with E-state index in [4.69, 9.17) is 0 Å². The first-order valence-corrected chi connectivity index (χ1v) is 5.49. The van der Waals surface area contributed by atoms with Crippen LogP contribution in [0.4, 0.5) is 5.69 Å². The number of anilines is 1. The standard InChI is InChI=1S/C14H17NO/c1-4-5-6-9-13-10-7-8-11-14(13)15(3)12(2)16/h7-8,10-11H,4-5H2,1-3H3. The lowest BCUT2D eigenvalue weighted by Gasteiger charge is -2.16. The number of hydrogen-bond acceptors (Lipinski definition) is 1. The van der Waals surface area contributed by atoms with Crippen molar-refractivity contribution in [2.45, 2.75) is 26.7 Å². The second-order valence-corrected chi connectivity index (χ2v) is 3.65. The molecule has 1 aromatic carbocycles. The van der Waals surface area contributed by atoms with Crippen LogP contribution in [0.25, 0.3) is 0 Å². The van der Waals surface area contributed by atoms with Crippen molar-refractivity contribution in [2.24, 2.45) is 0 Å². The Morgan fingerprint density at radius 2 is 2.06 bits per heavy atom. The molecule has 0 spiro atoms. The minimum atomic E-state index is 0.0183. The topological polar surface area (TPSA) is 20.3 Å². The van der Waals surface area contributed by atoms with E-state index in [2.05, 4.69) is 18.8 Å². The molecule has 0 saturated heterocycles. The monoisotopic (exact) mass is 215 g/mol. The van der Waals surface area contributed by atoms with Crippen molar-refractivity contribution in [1.29, 1.82) is 0 Å². The molecule has 1 amide bonds. The lowest BCUT2D eigenvalue weighted by atomic mass is 10.1. The third-order valence-corrected chi connectivity index (χ3v) is 2.34. The van der Waals surface area contributed by atoms with E-state index in [9.17, 15) is 4.79 Å². The average Bonchev–Trinajstić information content (AvgIpc) is 2.29. The zero-order valence-electron chi connectivity index (χ0n) is 10.1. The molecule has 0 radical (unpaired) electrons. The van der Waals surface area contributed by atoms with Gasteiger partial charge in [0.1, 0.15) is 0 Å². The predicted octanol–water partition coefficient (Wildman–Crippen LogP) is 2.82. The van der Waals surface area contributed by atoms with E-state index in [0.29, 0.717) is 0 Å². The molecule has 84 valence electrons. The summed E-state index contributed by atoms with van der Waals surface area (Å²) in [6.45, 7) is 3.65. The first kappa shape index (κ1) is 12.3. The van der Waals surface area contributed by atoms with Crippen molar-refractivity contribution in [3.8, 4) is 11.8 Å². The van der Waals surface area contributed by atoms with Gasteiger partial charge in [0.05, 0.1) is 5.69 Å². The number of rotatable bonds is 2. The van der Waals surface area contributed by atoms with Crippen LogP contribution in [0.1, 0.15) is 32.3 Å². The van der Waals surface area contributed by atoms with Crippen LogP contribution in [0.2, 0.25) is 0 Å². The van der Waals surface area contributed by atoms with Crippen LogP contribution in [0, 0.1) is 11.8 Å². The molecule has 0 aliphatic carbocycles. The summed E-state index contributed by atoms with van der Waals surface area (Å²) in [5.74, 6) is 6.22. The number of amides is 1. The average molecular weight is 215 g/mol. The molecule has 2 nitrogen and oxygen atoms in total. The van der Waals surface area contributed by atoms with Gasteiger partial charge in [-0.25, -0.2) is 0 Å². The molecule has 0 aliphatic heterocycles. The van der Waals surface area contributed by atoms with Crippen LogP contribution in [-0.2, 0) is 4.79 Å². The molecule has 0 unspecified atom stereocenters. The maximum Gasteiger partial charge on any atom is 0.223 e. The van der Waals surface area contributed by atoms with Gasteiger partial charge in [0.2, 0.25) is 5.91 Å². The van der Waals surface area contributed by atoms with Crippen LogP contribution in [0.15, 0.2) is 24.3 Å². The second-order valence-electron chi connectivity index (χ2n) is 3.65. The summed E-state index contributed by atoms with van der Waals surface area (Å²) >= 11 is 0. The number of carbonyl (C=O) groups excluding carboxylic acids is 1. The molecule has 0 N–H and O–H groups in total. The minimum absolute atomic E-state index is 0.0183. The number of carbonyl (C=O) groups is 1. The Labute approximate surface area is 97.3 Å². The highest BCUT2D eigenvalue weighted by Crippen LogP contribution is 2.18. The van der Waals surface area contributed by atoms with E-state index in [1.807, 2.05) is 24.3 Å². The first-order chi connectivity index (χ1) is 7.66. The number of nitrogens with zero attached hydrogens (tertiary/aromatic N) is 1. The smallest absolute Gasteiger partial charge is 0.223 e. The van der Waals surface area contributed by atoms with E-state index in [-0.39, 0.29) is 5.91 Å². The molecule has 0 fully saturated rings. The van der Waals surface area contributed by atoms with E-state index in [1.165, 1.54) is 0 Å². The van der Waals surface area contributed by atoms with Crippen LogP contribution in [-0.4, -0.2) is 13.0 Å². The fourth-order valence-corrected chi connectivity index (χ4v) is 1.32. The number of unbranched alkanes of at least 4 members (excludes halogenated alkanes) is 1. The molecule has 0 bridgehead atoms. The zero-order valence-corrected chi connectivity index (χ0v) is 10.1. The van der Waals surface area contributed by atoms with Crippen LogP contribution in [0.3, 0.4) is 0 Å². The Hall–Kier alpha value is -1.75. The fourth-order valence-electron chi connectivity index (χ4n) is 1.32. The van der Waals surface area contributed by atoms with Crippen molar-refractivity contribution in [1.82, 2.24) is 0 Å². The highest BCUT2D eigenvalue weighted by atomic mass is 16.2. The summed E-state index contributed by atoms with van der Waals surface area (Å²) in [5.41, 5.74) is 1.78. The summed E-state index contributed by atoms with van der Waals surface area (Å²) in [7, 11) is 1.77. The largest absolute Gasteiger partial charge is 0.315 e. The summed E-state index contributed by atoms with van der Waals surface area (Å²) in [6.07, 6.45) is 1.94. The van der Waals surface area contributed by atoms with Crippen molar-refractivity contribution in [3.05, 3.63) is 29.8 Å². The predicted molar refractivity (Wildman–Crippen MR) is 67.3 cm³/mol. The van der Waals surface area contributed by atoms with Crippen molar-refractivity contribution >= 4 is 11.6 Å². The Kier molecular flexibility index (Phi) is 4.60. The maximum atomic E-state index is 11.3. The van der Waals surface area contributed by atoms with Crippen molar-refractivity contribution in [2.75, 3.05) is 11.9 Å². The summed E-state index contributed by atoms with van der Waals surface area (Å²) in [4.78, 5) is 12.9. The molecule has 0 heterocycles. The number of benzene rings is 1. The van der Waals surface area contributed by atoms with Crippen molar-refractivity contribution in [3.63, 3.8) is 0 Å². The van der Waals surface area contributed by atoms with Crippen LogP contribution < -0.4 is 4.90 Å². The molecule has 1 aromatic rings. The van der Waals surface area contributed by atoms with Gasteiger partial charge in [0.25, 0.3) is 0 Å². The van der Waals surface area contributed by atoms with Gasteiger partial charge >= 0.3 is 0 Å². The van der Waals surface area contributed by atoms with Gasteiger partial charge in [-0.2, -0.15) is 0 Å². The van der Waals surface area contributed by atoms with E-state index in [1.54, 1.807) is 18.9 Å². The summed E-state index contributed by atoms with van der Waals surface area (Å²) in [5, 5.41) is 0. The fraction of sp³-hybridized carbons (Fsp3) is 0.357. The third-order valence-electron chi connectivity index (χ3n) is 2.34. The van der Waals surface area contributed by atoms with Gasteiger partial charge in [-0.05, 0) is 18.6 Å². The number of para-hydroxylation sites is 1. The normalized spacial score (nSPS) is 9.19. The van der Waals surface area contributed by atoms with E-state index >= 15 is 0 Å². The Morgan fingerprint density at radius 3 is 2.69 bits per heavy atom. The Bertz CT molecular complexity index is 426. The highest BCUT2D eigenvalue weighted by molar-refractivity contribution is 5.92. The molecule has 0 saturated carbocycles. The lowest BCUT2D eigenvalue weighted by molar-refractivity contribution is -0.116. The van der Waals surface area contributed by atoms with Gasteiger partial charge in [-0.3, -0.25) is 4.79 Å². The van der Waals surface area contributed by atoms with Gasteiger partial charge in [0.15, 0.2) is 0 Å². The third kappa shape index (κ3) is 3.13. The quantitative estimate of drug-likeness (QED) is 0.695. The Balaban J connectivity index is 3.02. The van der Waals surface area contributed by atoms with Crippen LogP contribution in [0.5, 0.6) is 0 Å². The van der Waals surface area contributed by atoms with Gasteiger partial charge in [-0.1, -0.05) is 30.9 Å². The first-order valence-electron chi connectivity index (χ1n) is 5.49. The molecule has 1 rings (SSSR count). The zero-order chi connectivity index (χ0) is 12.0. The number of hydrogen-bond donors (Lipinski definition) is 0. The SMILES string of the molecule is CCCC#Cc1ccccc1N(C)C(C)=O. The van der Waals surface area contributed by atoms with Crippen LogP contribution >= 0.6 is 0 Å². The molecule has 0 atom stereocenters. The molecular formula is C14H17NO.